The van der Waals surface area contributed by atoms with Crippen molar-refractivity contribution in [1.82, 2.24) is 5.32 Å². The van der Waals surface area contributed by atoms with Crippen LogP contribution in [0.5, 0.6) is 0 Å². The lowest BCUT2D eigenvalue weighted by molar-refractivity contribution is -0.139. The molecule has 0 saturated heterocycles. The number of carbonyl (C=O) groups excluding carboxylic acids is 1. The highest BCUT2D eigenvalue weighted by molar-refractivity contribution is 5.73. The SMILES string of the molecule is CCCCC(NCCOC(N)=O)C(=O)O. The molecule has 0 aliphatic carbocycles. The second kappa shape index (κ2) is 8.05. The molecular weight excluding hydrogens is 200 g/mol. The van der Waals surface area contributed by atoms with Crippen molar-refractivity contribution in [3.63, 3.8) is 0 Å². The van der Waals surface area contributed by atoms with E-state index < -0.39 is 18.1 Å². The number of nitrogens with one attached hydrogen (secondary N) is 1. The minimum Gasteiger partial charge on any atom is -0.480 e. The summed E-state index contributed by atoms with van der Waals surface area (Å²) < 4.78 is 4.46. The Kier molecular flexibility index (Phi) is 7.35. The van der Waals surface area contributed by atoms with Crippen molar-refractivity contribution in [1.29, 1.82) is 0 Å². The molecule has 0 rings (SSSR count). The Labute approximate surface area is 88.8 Å². The number of carboxylic acids is 1. The molecule has 0 aromatic heterocycles. The van der Waals surface area contributed by atoms with Gasteiger partial charge in [-0.25, -0.2) is 4.79 Å². The average Bonchev–Trinajstić information content (AvgIpc) is 2.15. The lowest BCUT2D eigenvalue weighted by atomic mass is 10.1. The summed E-state index contributed by atoms with van der Waals surface area (Å²) in [4.78, 5) is 20.9. The van der Waals surface area contributed by atoms with E-state index in [9.17, 15) is 9.59 Å². The van der Waals surface area contributed by atoms with E-state index >= 15 is 0 Å². The van der Waals surface area contributed by atoms with Crippen LogP contribution in [-0.2, 0) is 9.53 Å². The summed E-state index contributed by atoms with van der Waals surface area (Å²) >= 11 is 0. The molecule has 0 bridgehead atoms. The molecule has 1 unspecified atom stereocenters. The maximum atomic E-state index is 10.7. The van der Waals surface area contributed by atoms with Gasteiger partial charge < -0.3 is 20.9 Å². The number of aliphatic carboxylic acids is 1. The molecular formula is C9H18N2O4. The van der Waals surface area contributed by atoms with E-state index in [4.69, 9.17) is 10.8 Å². The molecule has 0 spiro atoms. The van der Waals surface area contributed by atoms with Crippen LogP contribution in [0.1, 0.15) is 26.2 Å². The van der Waals surface area contributed by atoms with Gasteiger partial charge in [0.2, 0.25) is 0 Å². The molecule has 4 N–H and O–H groups in total. The molecule has 88 valence electrons. The van der Waals surface area contributed by atoms with Gasteiger partial charge in [0.05, 0.1) is 0 Å². The highest BCUT2D eigenvalue weighted by atomic mass is 16.5. The summed E-state index contributed by atoms with van der Waals surface area (Å²) in [5.41, 5.74) is 4.74. The summed E-state index contributed by atoms with van der Waals surface area (Å²) in [6.45, 7) is 2.38. The van der Waals surface area contributed by atoms with E-state index in [-0.39, 0.29) is 6.61 Å². The summed E-state index contributed by atoms with van der Waals surface area (Å²) in [6.07, 6.45) is 1.52. The number of rotatable bonds is 8. The van der Waals surface area contributed by atoms with Gasteiger partial charge in [-0.2, -0.15) is 0 Å². The molecule has 0 aromatic rings. The molecule has 0 aliphatic heterocycles. The van der Waals surface area contributed by atoms with Gasteiger partial charge >= 0.3 is 12.1 Å². The number of ether oxygens (including phenoxy) is 1. The number of nitrogens with two attached hydrogens (primary N) is 1. The fraction of sp³-hybridized carbons (Fsp3) is 0.778. The summed E-state index contributed by atoms with van der Waals surface area (Å²) in [5.74, 6) is -0.887. The molecule has 1 atom stereocenters. The summed E-state index contributed by atoms with van der Waals surface area (Å²) in [5, 5.41) is 11.6. The molecule has 6 heteroatoms. The van der Waals surface area contributed by atoms with Crippen LogP contribution in [0, 0.1) is 0 Å². The van der Waals surface area contributed by atoms with Crippen LogP contribution >= 0.6 is 0 Å². The Bertz CT molecular complexity index is 208. The molecule has 0 saturated carbocycles. The fourth-order valence-electron chi connectivity index (χ4n) is 1.11. The zero-order valence-electron chi connectivity index (χ0n) is 8.86. The predicted octanol–water partition coefficient (Wildman–Crippen LogP) is 0.315. The normalized spacial score (nSPS) is 12.1. The first-order valence-electron chi connectivity index (χ1n) is 4.96. The maximum Gasteiger partial charge on any atom is 0.404 e. The Balaban J connectivity index is 3.66. The van der Waals surface area contributed by atoms with Gasteiger partial charge in [0.1, 0.15) is 12.6 Å². The van der Waals surface area contributed by atoms with Crippen molar-refractivity contribution in [2.24, 2.45) is 5.73 Å². The summed E-state index contributed by atoms with van der Waals surface area (Å²) in [6, 6.07) is -0.582. The molecule has 0 heterocycles. The van der Waals surface area contributed by atoms with Crippen LogP contribution in [0.25, 0.3) is 0 Å². The van der Waals surface area contributed by atoms with E-state index in [1.807, 2.05) is 6.92 Å². The molecule has 0 aliphatic rings. The highest BCUT2D eigenvalue weighted by Crippen LogP contribution is 2.00. The minimum atomic E-state index is -0.887. The van der Waals surface area contributed by atoms with E-state index in [1.165, 1.54) is 0 Å². The first-order chi connectivity index (χ1) is 7.07. The Morgan fingerprint density at radius 3 is 2.67 bits per heavy atom. The smallest absolute Gasteiger partial charge is 0.404 e. The van der Waals surface area contributed by atoms with Gasteiger partial charge in [-0.05, 0) is 6.42 Å². The quantitative estimate of drug-likeness (QED) is 0.509. The first-order valence-corrected chi connectivity index (χ1v) is 4.96. The van der Waals surface area contributed by atoms with Gasteiger partial charge in [0.15, 0.2) is 0 Å². The van der Waals surface area contributed by atoms with Gasteiger partial charge in [0.25, 0.3) is 0 Å². The molecule has 1 amide bonds. The zero-order chi connectivity index (χ0) is 11.7. The van der Waals surface area contributed by atoms with E-state index in [0.717, 1.165) is 12.8 Å². The Morgan fingerprint density at radius 1 is 1.53 bits per heavy atom. The van der Waals surface area contributed by atoms with Crippen molar-refractivity contribution >= 4 is 12.1 Å². The van der Waals surface area contributed by atoms with Gasteiger partial charge in [-0.1, -0.05) is 19.8 Å². The molecule has 15 heavy (non-hydrogen) atoms. The van der Waals surface area contributed by atoms with Crippen LogP contribution in [0.15, 0.2) is 0 Å². The van der Waals surface area contributed by atoms with Crippen LogP contribution in [0.4, 0.5) is 4.79 Å². The fourth-order valence-corrected chi connectivity index (χ4v) is 1.11. The topological polar surface area (TPSA) is 102 Å². The highest BCUT2D eigenvalue weighted by Gasteiger charge is 2.15. The molecule has 6 nitrogen and oxygen atoms in total. The third-order valence-electron chi connectivity index (χ3n) is 1.88. The van der Waals surface area contributed by atoms with Crippen molar-refractivity contribution < 1.29 is 19.4 Å². The van der Waals surface area contributed by atoms with Crippen molar-refractivity contribution in [2.45, 2.75) is 32.2 Å². The Morgan fingerprint density at radius 2 is 2.20 bits per heavy atom. The molecule has 0 fully saturated rings. The van der Waals surface area contributed by atoms with Crippen molar-refractivity contribution in [3.8, 4) is 0 Å². The number of amides is 1. The summed E-state index contributed by atoms with van der Waals surface area (Å²) in [7, 11) is 0. The third kappa shape index (κ3) is 7.75. The number of hydrogen-bond donors (Lipinski definition) is 3. The average molecular weight is 218 g/mol. The van der Waals surface area contributed by atoms with E-state index in [0.29, 0.717) is 13.0 Å². The van der Waals surface area contributed by atoms with Crippen LogP contribution in [-0.4, -0.2) is 36.4 Å². The predicted molar refractivity (Wildman–Crippen MR) is 54.5 cm³/mol. The van der Waals surface area contributed by atoms with E-state index in [1.54, 1.807) is 0 Å². The second-order valence-electron chi connectivity index (χ2n) is 3.15. The molecule has 0 radical (unpaired) electrons. The first kappa shape index (κ1) is 13.7. The third-order valence-corrected chi connectivity index (χ3v) is 1.88. The van der Waals surface area contributed by atoms with E-state index in [2.05, 4.69) is 10.1 Å². The van der Waals surface area contributed by atoms with Crippen LogP contribution in [0.3, 0.4) is 0 Å². The lowest BCUT2D eigenvalue weighted by Gasteiger charge is -2.13. The van der Waals surface area contributed by atoms with Gasteiger partial charge in [0, 0.05) is 6.54 Å². The largest absolute Gasteiger partial charge is 0.480 e. The number of carboxylic acid groups (broad SMARTS) is 1. The standard InChI is InChI=1S/C9H18N2O4/c1-2-3-4-7(8(12)13)11-5-6-15-9(10)14/h7,11H,2-6H2,1H3,(H2,10,14)(H,12,13). The minimum absolute atomic E-state index is 0.0885. The Hall–Kier alpha value is -1.30. The monoisotopic (exact) mass is 218 g/mol. The van der Waals surface area contributed by atoms with Crippen molar-refractivity contribution in [3.05, 3.63) is 0 Å². The van der Waals surface area contributed by atoms with Crippen molar-refractivity contribution in [2.75, 3.05) is 13.2 Å². The van der Waals surface area contributed by atoms with Gasteiger partial charge in [-0.3, -0.25) is 4.79 Å². The van der Waals surface area contributed by atoms with Crippen LogP contribution in [0.2, 0.25) is 0 Å². The number of carbonyl (C=O) groups is 2. The van der Waals surface area contributed by atoms with Gasteiger partial charge in [-0.15, -0.1) is 0 Å². The molecule has 0 aromatic carbocycles. The second-order valence-corrected chi connectivity index (χ2v) is 3.15. The lowest BCUT2D eigenvalue weighted by Crippen LogP contribution is -2.39. The maximum absolute atomic E-state index is 10.7. The zero-order valence-corrected chi connectivity index (χ0v) is 8.86. The number of primary amides is 1. The number of hydrogen-bond acceptors (Lipinski definition) is 4. The number of unbranched alkanes of at least 4 members (excludes halogenated alkanes) is 1. The van der Waals surface area contributed by atoms with Crippen LogP contribution < -0.4 is 11.1 Å².